The molecule has 0 aliphatic heterocycles. The summed E-state index contributed by atoms with van der Waals surface area (Å²) in [4.78, 5) is 13.3. The highest BCUT2D eigenvalue weighted by atomic mass is 79.9. The Labute approximate surface area is 142 Å². The summed E-state index contributed by atoms with van der Waals surface area (Å²) in [5.74, 6) is 0. The molecule has 22 heavy (non-hydrogen) atoms. The zero-order valence-electron chi connectivity index (χ0n) is 14.7. The van der Waals surface area contributed by atoms with E-state index in [4.69, 9.17) is 4.74 Å². The van der Waals surface area contributed by atoms with Gasteiger partial charge in [0.2, 0.25) is 0 Å². The highest BCUT2D eigenvalue weighted by Crippen LogP contribution is 2.14. The summed E-state index contributed by atoms with van der Waals surface area (Å²) in [7, 11) is 3.63. The first-order valence-corrected chi connectivity index (χ1v) is 8.31. The highest BCUT2D eigenvalue weighted by Gasteiger charge is 2.19. The summed E-state index contributed by atoms with van der Waals surface area (Å²) in [6, 6.07) is 0. The fourth-order valence-electron chi connectivity index (χ4n) is 1.52. The van der Waals surface area contributed by atoms with Gasteiger partial charge in [0.1, 0.15) is 5.60 Å². The normalized spacial score (nSPS) is 10.7. The van der Waals surface area contributed by atoms with Crippen molar-refractivity contribution in [3.63, 3.8) is 0 Å². The zero-order valence-corrected chi connectivity index (χ0v) is 16.3. The van der Waals surface area contributed by atoms with Gasteiger partial charge in [0.25, 0.3) is 0 Å². The number of carbonyl (C=O) groups excluding carboxylic acids is 1. The van der Waals surface area contributed by atoms with Crippen LogP contribution in [0, 0.1) is 0 Å². The molecule has 0 saturated carbocycles. The van der Waals surface area contributed by atoms with Crippen LogP contribution in [0.2, 0.25) is 0 Å². The maximum absolute atomic E-state index is 11.7. The van der Waals surface area contributed by atoms with Gasteiger partial charge in [-0.25, -0.2) is 4.79 Å². The van der Waals surface area contributed by atoms with Gasteiger partial charge < -0.3 is 15.0 Å². The second-order valence-corrected chi connectivity index (χ2v) is 6.50. The van der Waals surface area contributed by atoms with Gasteiger partial charge in [0.05, 0.1) is 16.4 Å². The molecule has 6 nitrogen and oxygen atoms in total. The van der Waals surface area contributed by atoms with Crippen molar-refractivity contribution in [2.75, 3.05) is 20.1 Å². The number of amides is 1. The SMILES string of the molecule is CC.CN(CCNCc1c(Br)cnn1C)C(=O)OC(C)(C)C. The van der Waals surface area contributed by atoms with Gasteiger partial charge in [0.15, 0.2) is 0 Å². The first kappa shape index (κ1) is 20.9. The van der Waals surface area contributed by atoms with Crippen LogP contribution in [0.3, 0.4) is 0 Å². The van der Waals surface area contributed by atoms with E-state index >= 15 is 0 Å². The fraction of sp³-hybridized carbons (Fsp3) is 0.733. The lowest BCUT2D eigenvalue weighted by molar-refractivity contribution is 0.0300. The average molecular weight is 377 g/mol. The summed E-state index contributed by atoms with van der Waals surface area (Å²) in [6.07, 6.45) is 1.46. The van der Waals surface area contributed by atoms with Crippen molar-refractivity contribution in [3.05, 3.63) is 16.4 Å². The van der Waals surface area contributed by atoms with Crippen molar-refractivity contribution >= 4 is 22.0 Å². The van der Waals surface area contributed by atoms with E-state index in [-0.39, 0.29) is 6.09 Å². The monoisotopic (exact) mass is 376 g/mol. The van der Waals surface area contributed by atoms with Gasteiger partial charge in [-0.2, -0.15) is 5.10 Å². The number of aryl methyl sites for hydroxylation is 1. The second kappa shape index (κ2) is 9.84. The molecule has 1 N–H and O–H groups in total. The average Bonchev–Trinajstić information content (AvgIpc) is 2.74. The Balaban J connectivity index is 0.00000211. The topological polar surface area (TPSA) is 59.4 Å². The molecule has 0 fully saturated rings. The zero-order chi connectivity index (χ0) is 17.3. The molecular weight excluding hydrogens is 348 g/mol. The number of ether oxygens (including phenoxy) is 1. The van der Waals surface area contributed by atoms with Crippen LogP contribution in [-0.2, 0) is 18.3 Å². The van der Waals surface area contributed by atoms with Crippen LogP contribution >= 0.6 is 15.9 Å². The van der Waals surface area contributed by atoms with Crippen LogP contribution in [0.4, 0.5) is 4.79 Å². The standard InChI is InChI=1S/C13H23BrN4O2.C2H6/c1-13(2,3)20-12(19)17(4)7-6-15-9-11-10(14)8-16-18(11)5;1-2/h8,15H,6-7,9H2,1-5H3;1-2H3. The number of nitrogens with zero attached hydrogens (tertiary/aromatic N) is 3. The van der Waals surface area contributed by atoms with Crippen LogP contribution in [0.25, 0.3) is 0 Å². The molecule has 1 aromatic heterocycles. The number of hydrogen-bond acceptors (Lipinski definition) is 4. The molecular formula is C15H29BrN4O2. The molecule has 0 bridgehead atoms. The molecule has 0 aliphatic carbocycles. The van der Waals surface area contributed by atoms with E-state index in [0.717, 1.165) is 10.2 Å². The molecule has 7 heteroatoms. The fourth-order valence-corrected chi connectivity index (χ4v) is 2.01. The highest BCUT2D eigenvalue weighted by molar-refractivity contribution is 9.10. The third-order valence-corrected chi connectivity index (χ3v) is 3.29. The Morgan fingerprint density at radius 2 is 2.05 bits per heavy atom. The Morgan fingerprint density at radius 1 is 1.45 bits per heavy atom. The van der Waals surface area contributed by atoms with Gasteiger partial charge in [-0.3, -0.25) is 4.68 Å². The first-order valence-electron chi connectivity index (χ1n) is 7.52. The molecule has 1 amide bonds. The number of rotatable bonds is 5. The van der Waals surface area contributed by atoms with E-state index in [1.54, 1.807) is 18.1 Å². The van der Waals surface area contributed by atoms with E-state index in [2.05, 4.69) is 26.3 Å². The minimum absolute atomic E-state index is 0.305. The predicted octanol–water partition coefficient (Wildman–Crippen LogP) is 3.17. The van der Waals surface area contributed by atoms with Gasteiger partial charge in [0, 0.05) is 33.7 Å². The number of aromatic nitrogens is 2. The summed E-state index contributed by atoms with van der Waals surface area (Å²) < 4.78 is 8.07. The number of hydrogen-bond donors (Lipinski definition) is 1. The maximum atomic E-state index is 11.7. The molecule has 128 valence electrons. The molecule has 0 spiro atoms. The Bertz CT molecular complexity index is 435. The van der Waals surface area contributed by atoms with Crippen LogP contribution in [0.5, 0.6) is 0 Å². The van der Waals surface area contributed by atoms with E-state index in [0.29, 0.717) is 19.6 Å². The number of halogens is 1. The summed E-state index contributed by atoms with van der Waals surface area (Å²) >= 11 is 3.45. The Morgan fingerprint density at radius 3 is 2.50 bits per heavy atom. The maximum Gasteiger partial charge on any atom is 0.410 e. The van der Waals surface area contributed by atoms with Crippen molar-refractivity contribution in [3.8, 4) is 0 Å². The molecule has 1 heterocycles. The molecule has 0 saturated heterocycles. The molecule has 1 rings (SSSR count). The second-order valence-electron chi connectivity index (χ2n) is 5.64. The van der Waals surface area contributed by atoms with Gasteiger partial charge >= 0.3 is 6.09 Å². The van der Waals surface area contributed by atoms with E-state index in [1.807, 2.05) is 46.3 Å². The lowest BCUT2D eigenvalue weighted by Crippen LogP contribution is -2.38. The van der Waals surface area contributed by atoms with E-state index in [1.165, 1.54) is 0 Å². The largest absolute Gasteiger partial charge is 0.444 e. The Kier molecular flexibility index (Phi) is 9.36. The number of carbonyl (C=O) groups is 1. The molecule has 0 radical (unpaired) electrons. The first-order chi connectivity index (χ1) is 10.2. The van der Waals surface area contributed by atoms with Gasteiger partial charge in [-0.1, -0.05) is 13.8 Å². The van der Waals surface area contributed by atoms with Crippen molar-refractivity contribution in [1.29, 1.82) is 0 Å². The molecule has 0 aromatic carbocycles. The summed E-state index contributed by atoms with van der Waals surface area (Å²) in [5.41, 5.74) is 0.614. The van der Waals surface area contributed by atoms with Crippen LogP contribution in [-0.4, -0.2) is 46.5 Å². The number of likely N-dealkylation sites (N-methyl/N-ethyl adjacent to an activating group) is 1. The third kappa shape index (κ3) is 7.79. The van der Waals surface area contributed by atoms with Gasteiger partial charge in [-0.15, -0.1) is 0 Å². The van der Waals surface area contributed by atoms with E-state index in [9.17, 15) is 4.79 Å². The summed E-state index contributed by atoms with van der Waals surface area (Å²) in [6.45, 7) is 11.5. The lowest BCUT2D eigenvalue weighted by atomic mass is 10.2. The van der Waals surface area contributed by atoms with E-state index < -0.39 is 5.60 Å². The van der Waals surface area contributed by atoms with Crippen LogP contribution in [0.15, 0.2) is 10.7 Å². The van der Waals surface area contributed by atoms with Crippen molar-refractivity contribution in [2.24, 2.45) is 7.05 Å². The van der Waals surface area contributed by atoms with Crippen LogP contribution in [0.1, 0.15) is 40.3 Å². The minimum atomic E-state index is -0.460. The van der Waals surface area contributed by atoms with Crippen molar-refractivity contribution < 1.29 is 9.53 Å². The minimum Gasteiger partial charge on any atom is -0.444 e. The summed E-state index contributed by atoms with van der Waals surface area (Å²) in [5, 5.41) is 7.42. The predicted molar refractivity (Wildman–Crippen MR) is 92.8 cm³/mol. The lowest BCUT2D eigenvalue weighted by Gasteiger charge is -2.24. The van der Waals surface area contributed by atoms with Crippen LogP contribution < -0.4 is 5.32 Å². The molecule has 1 aromatic rings. The third-order valence-electron chi connectivity index (χ3n) is 2.63. The molecule has 0 unspecified atom stereocenters. The molecule has 0 atom stereocenters. The number of nitrogens with one attached hydrogen (secondary N) is 1. The molecule has 0 aliphatic rings. The van der Waals surface area contributed by atoms with Gasteiger partial charge in [-0.05, 0) is 36.7 Å². The smallest absolute Gasteiger partial charge is 0.410 e. The van der Waals surface area contributed by atoms with Crippen molar-refractivity contribution in [2.45, 2.75) is 46.8 Å². The quantitative estimate of drug-likeness (QED) is 0.801. The van der Waals surface area contributed by atoms with Crippen molar-refractivity contribution in [1.82, 2.24) is 20.0 Å². The Hall–Kier alpha value is -1.08.